The molecule has 0 unspecified atom stereocenters. The van der Waals surface area contributed by atoms with Gasteiger partial charge >= 0.3 is 5.97 Å². The highest BCUT2D eigenvalue weighted by Gasteiger charge is 2.18. The van der Waals surface area contributed by atoms with Crippen molar-refractivity contribution in [1.29, 1.82) is 0 Å². The van der Waals surface area contributed by atoms with Gasteiger partial charge in [0.25, 0.3) is 5.91 Å². The maximum absolute atomic E-state index is 12.1. The van der Waals surface area contributed by atoms with Gasteiger partial charge in [0.1, 0.15) is 11.5 Å². The molecule has 0 aromatic heterocycles. The molecule has 0 bridgehead atoms. The van der Waals surface area contributed by atoms with Crippen molar-refractivity contribution < 1.29 is 23.8 Å². The third-order valence-corrected chi connectivity index (χ3v) is 4.49. The molecule has 2 rings (SSSR count). The Morgan fingerprint density at radius 2 is 1.66 bits per heavy atom. The van der Waals surface area contributed by atoms with Crippen molar-refractivity contribution in [3.8, 4) is 11.5 Å². The molecule has 0 fully saturated rings. The molecule has 156 valence electrons. The van der Waals surface area contributed by atoms with Crippen LogP contribution in [0.2, 0.25) is 0 Å². The first kappa shape index (κ1) is 22.3. The Bertz CT molecular complexity index is 822. The van der Waals surface area contributed by atoms with Crippen molar-refractivity contribution >= 4 is 11.9 Å². The zero-order valence-corrected chi connectivity index (χ0v) is 17.7. The smallest absolute Gasteiger partial charge is 0.344 e. The summed E-state index contributed by atoms with van der Waals surface area (Å²) in [5.74, 6) is 0.539. The summed E-state index contributed by atoms with van der Waals surface area (Å²) in [5, 5.41) is 2.77. The van der Waals surface area contributed by atoms with Gasteiger partial charge in [0.15, 0.2) is 12.7 Å². The van der Waals surface area contributed by atoms with Gasteiger partial charge < -0.3 is 19.5 Å². The molecule has 0 aliphatic heterocycles. The minimum Gasteiger partial charge on any atom is -0.497 e. The van der Waals surface area contributed by atoms with Crippen LogP contribution >= 0.6 is 0 Å². The maximum atomic E-state index is 12.1. The van der Waals surface area contributed by atoms with E-state index in [0.29, 0.717) is 18.7 Å². The van der Waals surface area contributed by atoms with Gasteiger partial charge in [0.05, 0.1) is 7.11 Å². The van der Waals surface area contributed by atoms with Crippen molar-refractivity contribution in [2.45, 2.75) is 40.2 Å². The number of aryl methyl sites for hydroxylation is 3. The Balaban J connectivity index is 1.74. The Morgan fingerprint density at radius 1 is 1.03 bits per heavy atom. The third-order valence-electron chi connectivity index (χ3n) is 4.49. The number of nitrogens with one attached hydrogen (secondary N) is 1. The fraction of sp³-hybridized carbons (Fsp3) is 0.391. The predicted octanol–water partition coefficient (Wildman–Crippen LogP) is 3.29. The van der Waals surface area contributed by atoms with Gasteiger partial charge in [-0.3, -0.25) is 4.79 Å². The lowest BCUT2D eigenvalue weighted by Gasteiger charge is -2.15. The number of benzene rings is 2. The van der Waals surface area contributed by atoms with E-state index >= 15 is 0 Å². The molecular weight excluding hydrogens is 370 g/mol. The molecule has 1 N–H and O–H groups in total. The van der Waals surface area contributed by atoms with Gasteiger partial charge in [-0.15, -0.1) is 0 Å². The number of rotatable bonds is 9. The van der Waals surface area contributed by atoms with Crippen molar-refractivity contribution in [3.63, 3.8) is 0 Å². The molecule has 0 saturated heterocycles. The average Bonchev–Trinajstić information content (AvgIpc) is 2.67. The third kappa shape index (κ3) is 6.82. The van der Waals surface area contributed by atoms with E-state index in [9.17, 15) is 9.59 Å². The molecule has 6 heteroatoms. The summed E-state index contributed by atoms with van der Waals surface area (Å²) in [6.45, 7) is 7.62. The summed E-state index contributed by atoms with van der Waals surface area (Å²) in [6.07, 6.45) is -0.215. The van der Waals surface area contributed by atoms with Gasteiger partial charge in [-0.25, -0.2) is 4.79 Å². The molecule has 29 heavy (non-hydrogen) atoms. The highest BCUT2D eigenvalue weighted by molar-refractivity contribution is 5.83. The number of methoxy groups -OCH3 is 1. The summed E-state index contributed by atoms with van der Waals surface area (Å²) in [4.78, 5) is 24.2. The van der Waals surface area contributed by atoms with Crippen molar-refractivity contribution in [3.05, 3.63) is 58.7 Å². The minimum atomic E-state index is -0.887. The number of amides is 1. The Morgan fingerprint density at radius 3 is 2.24 bits per heavy atom. The number of carbonyl (C=O) groups is 2. The lowest BCUT2D eigenvalue weighted by atomic mass is 10.1. The first-order valence-corrected chi connectivity index (χ1v) is 9.61. The predicted molar refractivity (Wildman–Crippen MR) is 111 cm³/mol. The van der Waals surface area contributed by atoms with Gasteiger partial charge in [-0.1, -0.05) is 29.8 Å². The molecular formula is C23H29NO5. The first-order valence-electron chi connectivity index (χ1n) is 9.61. The molecule has 0 saturated carbocycles. The molecule has 1 atom stereocenters. The van der Waals surface area contributed by atoms with Gasteiger partial charge in [-0.05, 0) is 62.9 Å². The normalized spacial score (nSPS) is 11.5. The first-order chi connectivity index (χ1) is 13.8. The fourth-order valence-electron chi connectivity index (χ4n) is 3.08. The van der Waals surface area contributed by atoms with Crippen molar-refractivity contribution in [2.24, 2.45) is 0 Å². The van der Waals surface area contributed by atoms with Crippen LogP contribution in [0.15, 0.2) is 36.4 Å². The molecule has 0 aliphatic carbocycles. The van der Waals surface area contributed by atoms with Crippen LogP contribution in [0.1, 0.15) is 29.2 Å². The SMILES string of the molecule is COc1ccc(CCNC(=O)[C@@H](C)OC(=O)COc2c(C)cc(C)cc2C)cc1. The molecule has 2 aromatic carbocycles. The molecule has 1 amide bonds. The van der Waals surface area contributed by atoms with Crippen LogP contribution < -0.4 is 14.8 Å². The standard InChI is InChI=1S/C23H29NO5/c1-15-12-16(2)22(17(3)13-15)28-14-21(25)29-18(4)23(26)24-11-10-19-6-8-20(27-5)9-7-19/h6-9,12-13,18H,10-11,14H2,1-5H3,(H,24,26)/t18-/m1/s1. The van der Waals surface area contributed by atoms with Crippen molar-refractivity contribution in [1.82, 2.24) is 5.32 Å². The minimum absolute atomic E-state index is 0.242. The van der Waals surface area contributed by atoms with Crippen LogP contribution in [0.4, 0.5) is 0 Å². The molecule has 0 heterocycles. The summed E-state index contributed by atoms with van der Waals surface area (Å²) < 4.78 is 15.9. The number of hydrogen-bond donors (Lipinski definition) is 1. The van der Waals surface area contributed by atoms with Crippen LogP contribution in [0, 0.1) is 20.8 Å². The van der Waals surface area contributed by atoms with E-state index in [1.54, 1.807) is 14.0 Å². The van der Waals surface area contributed by atoms with Crippen molar-refractivity contribution in [2.75, 3.05) is 20.3 Å². The van der Waals surface area contributed by atoms with Crippen LogP contribution in [-0.4, -0.2) is 38.2 Å². The van der Waals surface area contributed by atoms with Gasteiger partial charge in [0, 0.05) is 6.54 Å². The van der Waals surface area contributed by atoms with E-state index < -0.39 is 12.1 Å². The van der Waals surface area contributed by atoms with Crippen LogP contribution in [0.3, 0.4) is 0 Å². The Kier molecular flexibility index (Phi) is 8.07. The number of hydrogen-bond acceptors (Lipinski definition) is 5. The molecule has 2 aromatic rings. The van der Waals surface area contributed by atoms with Crippen LogP contribution in [0.25, 0.3) is 0 Å². The highest BCUT2D eigenvalue weighted by atomic mass is 16.6. The lowest BCUT2D eigenvalue weighted by Crippen LogP contribution is -2.37. The Hall–Kier alpha value is -3.02. The fourth-order valence-corrected chi connectivity index (χ4v) is 3.08. The maximum Gasteiger partial charge on any atom is 0.344 e. The van der Waals surface area contributed by atoms with Crippen LogP contribution in [0.5, 0.6) is 11.5 Å². The van der Waals surface area contributed by atoms with Gasteiger partial charge in [0.2, 0.25) is 0 Å². The molecule has 0 aliphatic rings. The topological polar surface area (TPSA) is 73.9 Å². The Labute approximate surface area is 172 Å². The molecule has 6 nitrogen and oxygen atoms in total. The van der Waals surface area contributed by atoms with Crippen LogP contribution in [-0.2, 0) is 20.7 Å². The number of carbonyl (C=O) groups excluding carboxylic acids is 2. The monoisotopic (exact) mass is 399 g/mol. The van der Waals surface area contributed by atoms with E-state index in [1.165, 1.54) is 0 Å². The zero-order valence-electron chi connectivity index (χ0n) is 17.7. The van der Waals surface area contributed by atoms with Gasteiger partial charge in [-0.2, -0.15) is 0 Å². The molecule has 0 spiro atoms. The summed E-state index contributed by atoms with van der Waals surface area (Å²) in [5.41, 5.74) is 4.13. The second kappa shape index (κ2) is 10.5. The quantitative estimate of drug-likeness (QED) is 0.655. The second-order valence-electron chi connectivity index (χ2n) is 7.04. The van der Waals surface area contributed by atoms with E-state index in [1.807, 2.05) is 57.2 Å². The van der Waals surface area contributed by atoms with E-state index in [0.717, 1.165) is 28.0 Å². The highest BCUT2D eigenvalue weighted by Crippen LogP contribution is 2.24. The van der Waals surface area contributed by atoms with E-state index in [2.05, 4.69) is 5.32 Å². The number of esters is 1. The average molecular weight is 399 g/mol. The summed E-state index contributed by atoms with van der Waals surface area (Å²) >= 11 is 0. The van der Waals surface area contributed by atoms with E-state index in [4.69, 9.17) is 14.2 Å². The number of ether oxygens (including phenoxy) is 3. The molecule has 0 radical (unpaired) electrons. The zero-order chi connectivity index (χ0) is 21.4. The summed E-state index contributed by atoms with van der Waals surface area (Å²) in [6, 6.07) is 11.6. The van der Waals surface area contributed by atoms with E-state index in [-0.39, 0.29) is 12.5 Å². The second-order valence-corrected chi connectivity index (χ2v) is 7.04. The lowest BCUT2D eigenvalue weighted by molar-refractivity contribution is -0.156. The summed E-state index contributed by atoms with van der Waals surface area (Å²) in [7, 11) is 1.62. The largest absolute Gasteiger partial charge is 0.497 e.